The molecule has 0 aromatic carbocycles. The lowest BCUT2D eigenvalue weighted by molar-refractivity contribution is -0.157. The SMILES string of the molecule is CC(C)CNC(=O)C(C)OC(=O)CN1C(=O)NC2(CC(C)CC(C)(C)C2)C1=O. The number of nitrogens with zero attached hydrogens (tertiary/aromatic N) is 1. The van der Waals surface area contributed by atoms with Gasteiger partial charge >= 0.3 is 12.0 Å². The highest BCUT2D eigenvalue weighted by molar-refractivity contribution is 6.08. The van der Waals surface area contributed by atoms with E-state index in [1.54, 1.807) is 0 Å². The van der Waals surface area contributed by atoms with E-state index in [1.165, 1.54) is 6.92 Å². The fraction of sp³-hybridized carbons (Fsp3) is 0.800. The van der Waals surface area contributed by atoms with Gasteiger partial charge in [0, 0.05) is 6.54 Å². The maximum absolute atomic E-state index is 13.0. The van der Waals surface area contributed by atoms with Gasteiger partial charge in [-0.15, -0.1) is 0 Å². The molecule has 2 N–H and O–H groups in total. The topological polar surface area (TPSA) is 105 Å². The average molecular weight is 396 g/mol. The van der Waals surface area contributed by atoms with Crippen molar-refractivity contribution in [2.24, 2.45) is 17.3 Å². The lowest BCUT2D eigenvalue weighted by Gasteiger charge is -2.43. The smallest absolute Gasteiger partial charge is 0.327 e. The van der Waals surface area contributed by atoms with Crippen molar-refractivity contribution in [2.75, 3.05) is 13.1 Å². The molecule has 0 aromatic heterocycles. The molecule has 8 nitrogen and oxygen atoms in total. The van der Waals surface area contributed by atoms with Crippen molar-refractivity contribution >= 4 is 23.8 Å². The first-order valence-corrected chi connectivity index (χ1v) is 9.96. The van der Waals surface area contributed by atoms with Crippen molar-refractivity contribution in [3.05, 3.63) is 0 Å². The summed E-state index contributed by atoms with van der Waals surface area (Å²) < 4.78 is 5.12. The van der Waals surface area contributed by atoms with E-state index in [2.05, 4.69) is 31.4 Å². The molecule has 2 rings (SSSR count). The monoisotopic (exact) mass is 395 g/mol. The zero-order chi connectivity index (χ0) is 21.3. The summed E-state index contributed by atoms with van der Waals surface area (Å²) in [4.78, 5) is 50.5. The maximum Gasteiger partial charge on any atom is 0.327 e. The number of ether oxygens (including phenoxy) is 1. The maximum atomic E-state index is 13.0. The molecule has 1 heterocycles. The van der Waals surface area contributed by atoms with Crippen LogP contribution < -0.4 is 10.6 Å². The molecule has 1 aliphatic carbocycles. The Morgan fingerprint density at radius 2 is 1.89 bits per heavy atom. The van der Waals surface area contributed by atoms with Gasteiger partial charge in [0.1, 0.15) is 12.1 Å². The summed E-state index contributed by atoms with van der Waals surface area (Å²) in [5.41, 5.74) is -1.04. The van der Waals surface area contributed by atoms with Gasteiger partial charge in [-0.2, -0.15) is 0 Å². The minimum Gasteiger partial charge on any atom is -0.451 e. The van der Waals surface area contributed by atoms with Crippen molar-refractivity contribution in [1.82, 2.24) is 15.5 Å². The van der Waals surface area contributed by atoms with Gasteiger partial charge in [-0.05, 0) is 43.4 Å². The van der Waals surface area contributed by atoms with Gasteiger partial charge in [0.25, 0.3) is 11.8 Å². The molecule has 28 heavy (non-hydrogen) atoms. The second kappa shape index (κ2) is 8.09. The molecule has 0 radical (unpaired) electrons. The van der Waals surface area contributed by atoms with Gasteiger partial charge in [-0.25, -0.2) is 4.79 Å². The molecule has 1 saturated heterocycles. The Kier molecular flexibility index (Phi) is 6.41. The van der Waals surface area contributed by atoms with E-state index in [0.29, 0.717) is 19.4 Å². The molecule has 0 bridgehead atoms. The Balaban J connectivity index is 1.99. The molecule has 1 aliphatic heterocycles. The zero-order valence-electron chi connectivity index (χ0n) is 17.8. The molecule has 3 atom stereocenters. The Bertz CT molecular complexity index is 660. The van der Waals surface area contributed by atoms with E-state index >= 15 is 0 Å². The average Bonchev–Trinajstić information content (AvgIpc) is 2.73. The van der Waals surface area contributed by atoms with Crippen LogP contribution in [0.2, 0.25) is 0 Å². The molecule has 3 unspecified atom stereocenters. The predicted molar refractivity (Wildman–Crippen MR) is 103 cm³/mol. The fourth-order valence-corrected chi connectivity index (χ4v) is 4.52. The molecule has 2 aliphatic rings. The number of nitrogens with one attached hydrogen (secondary N) is 2. The summed E-state index contributed by atoms with van der Waals surface area (Å²) >= 11 is 0. The number of rotatable bonds is 6. The number of carbonyl (C=O) groups is 4. The van der Waals surface area contributed by atoms with Gasteiger partial charge in [0.2, 0.25) is 0 Å². The fourth-order valence-electron chi connectivity index (χ4n) is 4.52. The highest BCUT2D eigenvalue weighted by Crippen LogP contribution is 2.46. The molecular formula is C20H33N3O5. The second-order valence-corrected chi connectivity index (χ2v) is 9.53. The van der Waals surface area contributed by atoms with Crippen LogP contribution in [-0.4, -0.2) is 53.4 Å². The van der Waals surface area contributed by atoms with Gasteiger partial charge in [0.15, 0.2) is 6.10 Å². The van der Waals surface area contributed by atoms with Gasteiger partial charge in [-0.1, -0.05) is 34.6 Å². The van der Waals surface area contributed by atoms with E-state index in [1.807, 2.05) is 13.8 Å². The normalized spacial score (nSPS) is 27.7. The van der Waals surface area contributed by atoms with E-state index in [9.17, 15) is 19.2 Å². The molecule has 1 spiro atoms. The van der Waals surface area contributed by atoms with Gasteiger partial charge < -0.3 is 15.4 Å². The minimum atomic E-state index is -0.991. The number of amides is 4. The van der Waals surface area contributed by atoms with Crippen LogP contribution in [0.3, 0.4) is 0 Å². The number of hydrogen-bond donors (Lipinski definition) is 2. The number of carbonyl (C=O) groups excluding carboxylic acids is 4. The first-order valence-electron chi connectivity index (χ1n) is 9.96. The summed E-state index contributed by atoms with van der Waals surface area (Å²) in [5.74, 6) is -1.01. The van der Waals surface area contributed by atoms with Crippen LogP contribution in [0.5, 0.6) is 0 Å². The Morgan fingerprint density at radius 3 is 2.46 bits per heavy atom. The number of imide groups is 1. The lowest BCUT2D eigenvalue weighted by atomic mass is 9.64. The standard InChI is InChI=1S/C20H33N3O5/c1-12(2)9-21-16(25)14(4)28-15(24)10-23-17(26)20(22-18(23)27)8-13(3)7-19(5,6)11-20/h12-14H,7-11H2,1-6H3,(H,21,25)(H,22,27). The largest absolute Gasteiger partial charge is 0.451 e. The first kappa shape index (κ1) is 22.2. The molecular weight excluding hydrogens is 362 g/mol. The Morgan fingerprint density at radius 1 is 1.25 bits per heavy atom. The van der Waals surface area contributed by atoms with E-state index in [-0.39, 0.29) is 23.2 Å². The lowest BCUT2D eigenvalue weighted by Crippen LogP contribution is -2.54. The van der Waals surface area contributed by atoms with Crippen LogP contribution in [0.4, 0.5) is 4.79 Å². The third kappa shape index (κ3) is 5.02. The van der Waals surface area contributed by atoms with E-state index in [0.717, 1.165) is 11.3 Å². The van der Waals surface area contributed by atoms with Crippen LogP contribution in [0.1, 0.15) is 60.8 Å². The van der Waals surface area contributed by atoms with Crippen molar-refractivity contribution in [3.8, 4) is 0 Å². The first-order chi connectivity index (χ1) is 12.8. The Hall–Kier alpha value is -2.12. The van der Waals surface area contributed by atoms with Crippen LogP contribution in [0.25, 0.3) is 0 Å². The minimum absolute atomic E-state index is 0.0832. The predicted octanol–water partition coefficient (Wildman–Crippen LogP) is 1.83. The van der Waals surface area contributed by atoms with Crippen molar-refractivity contribution < 1.29 is 23.9 Å². The number of esters is 1. The third-order valence-corrected chi connectivity index (χ3v) is 5.27. The van der Waals surface area contributed by atoms with E-state index in [4.69, 9.17) is 4.74 Å². The summed E-state index contributed by atoms with van der Waals surface area (Å²) in [7, 11) is 0. The van der Waals surface area contributed by atoms with Crippen molar-refractivity contribution in [2.45, 2.75) is 72.4 Å². The van der Waals surface area contributed by atoms with E-state index < -0.39 is 36.1 Å². The zero-order valence-corrected chi connectivity index (χ0v) is 17.8. The molecule has 4 amide bonds. The van der Waals surface area contributed by atoms with Crippen LogP contribution in [-0.2, 0) is 19.1 Å². The molecule has 2 fully saturated rings. The van der Waals surface area contributed by atoms with Crippen molar-refractivity contribution in [3.63, 3.8) is 0 Å². The summed E-state index contributed by atoms with van der Waals surface area (Å²) in [5, 5.41) is 5.50. The van der Waals surface area contributed by atoms with Gasteiger partial charge in [0.05, 0.1) is 0 Å². The molecule has 0 aromatic rings. The quantitative estimate of drug-likeness (QED) is 0.527. The molecule has 8 heteroatoms. The third-order valence-electron chi connectivity index (χ3n) is 5.27. The summed E-state index contributed by atoms with van der Waals surface area (Å²) in [6.07, 6.45) is 1.08. The summed E-state index contributed by atoms with van der Waals surface area (Å²) in [6.45, 7) is 11.6. The summed E-state index contributed by atoms with van der Waals surface area (Å²) in [6, 6.07) is -0.580. The Labute approximate surface area is 166 Å². The second-order valence-electron chi connectivity index (χ2n) is 9.53. The molecule has 1 saturated carbocycles. The highest BCUT2D eigenvalue weighted by Gasteiger charge is 2.56. The van der Waals surface area contributed by atoms with Crippen LogP contribution in [0, 0.1) is 17.3 Å². The number of urea groups is 1. The highest BCUT2D eigenvalue weighted by atomic mass is 16.5. The van der Waals surface area contributed by atoms with Crippen molar-refractivity contribution in [1.29, 1.82) is 0 Å². The van der Waals surface area contributed by atoms with Crippen LogP contribution in [0.15, 0.2) is 0 Å². The number of hydrogen-bond acceptors (Lipinski definition) is 5. The van der Waals surface area contributed by atoms with Crippen LogP contribution >= 0.6 is 0 Å². The molecule has 158 valence electrons. The van der Waals surface area contributed by atoms with Gasteiger partial charge in [-0.3, -0.25) is 19.3 Å².